The Balaban J connectivity index is 1.94. The first-order valence-electron chi connectivity index (χ1n) is 12.1. The van der Waals surface area contributed by atoms with Gasteiger partial charge in [0, 0.05) is 22.1 Å². The van der Waals surface area contributed by atoms with Crippen molar-refractivity contribution in [2.45, 2.75) is 64.6 Å². The van der Waals surface area contributed by atoms with Gasteiger partial charge in [-0.15, -0.1) is 0 Å². The van der Waals surface area contributed by atoms with E-state index in [0.29, 0.717) is 22.7 Å². The average molecular weight is 599 g/mol. The molecule has 0 aliphatic heterocycles. The quantitative estimate of drug-likeness (QED) is 0.415. The predicted molar refractivity (Wildman–Crippen MR) is 148 cm³/mol. The number of carbonyl (C=O) groups is 2. The standard InChI is InChI=1S/C26H33BrClN3O4S/c1-4-24(26(33)29-20-10-6-7-11-20)30(16-19-9-5-8-12-23(19)28)25(32)17-31(36(3,34)35)21-13-14-22(27)18(2)15-21/h5,8-9,12-15,20,24H,4,6-7,10-11,16-17H2,1-3H3,(H,29,33)/t24-/m1/s1. The lowest BCUT2D eigenvalue weighted by atomic mass is 10.1. The normalized spacial score (nSPS) is 14.9. The van der Waals surface area contributed by atoms with Gasteiger partial charge in [0.2, 0.25) is 21.8 Å². The maximum absolute atomic E-state index is 13.8. The largest absolute Gasteiger partial charge is 0.352 e. The van der Waals surface area contributed by atoms with Crippen molar-refractivity contribution in [1.29, 1.82) is 0 Å². The van der Waals surface area contributed by atoms with E-state index in [4.69, 9.17) is 11.6 Å². The molecule has 0 unspecified atom stereocenters. The summed E-state index contributed by atoms with van der Waals surface area (Å²) in [6.07, 6.45) is 5.43. The SMILES string of the molecule is CC[C@H](C(=O)NC1CCCC1)N(Cc1ccccc1Cl)C(=O)CN(c1ccc(Br)c(C)c1)S(C)(=O)=O. The van der Waals surface area contributed by atoms with E-state index >= 15 is 0 Å². The lowest BCUT2D eigenvalue weighted by Crippen LogP contribution is -2.53. The van der Waals surface area contributed by atoms with Gasteiger partial charge < -0.3 is 10.2 Å². The van der Waals surface area contributed by atoms with E-state index in [1.54, 1.807) is 36.4 Å². The zero-order valence-corrected chi connectivity index (χ0v) is 24.0. The van der Waals surface area contributed by atoms with Crippen LogP contribution in [-0.2, 0) is 26.2 Å². The number of hydrogen-bond donors (Lipinski definition) is 1. The lowest BCUT2D eigenvalue weighted by Gasteiger charge is -2.33. The first kappa shape index (κ1) is 28.5. The molecule has 1 N–H and O–H groups in total. The summed E-state index contributed by atoms with van der Waals surface area (Å²) in [4.78, 5) is 28.5. The van der Waals surface area contributed by atoms with E-state index in [1.165, 1.54) is 4.90 Å². The monoisotopic (exact) mass is 597 g/mol. The zero-order chi connectivity index (χ0) is 26.5. The van der Waals surface area contributed by atoms with Crippen molar-refractivity contribution in [2.75, 3.05) is 17.1 Å². The second-order valence-corrected chi connectivity index (χ2v) is 12.4. The van der Waals surface area contributed by atoms with E-state index in [9.17, 15) is 18.0 Å². The molecule has 2 amide bonds. The zero-order valence-electron chi connectivity index (χ0n) is 20.8. The molecule has 0 spiro atoms. The molecule has 1 atom stereocenters. The van der Waals surface area contributed by atoms with Crippen LogP contribution in [0.5, 0.6) is 0 Å². The molecule has 10 heteroatoms. The van der Waals surface area contributed by atoms with Crippen molar-refractivity contribution in [3.8, 4) is 0 Å². The lowest BCUT2D eigenvalue weighted by molar-refractivity contribution is -0.140. The van der Waals surface area contributed by atoms with Gasteiger partial charge in [-0.2, -0.15) is 0 Å². The Labute approximate surface area is 227 Å². The van der Waals surface area contributed by atoms with Gasteiger partial charge in [0.1, 0.15) is 12.6 Å². The molecule has 0 radical (unpaired) electrons. The van der Waals surface area contributed by atoms with Gasteiger partial charge in [0.05, 0.1) is 11.9 Å². The minimum absolute atomic E-state index is 0.0894. The van der Waals surface area contributed by atoms with Crippen LogP contribution in [-0.4, -0.2) is 50.0 Å². The molecule has 2 aromatic rings. The smallest absolute Gasteiger partial charge is 0.244 e. The van der Waals surface area contributed by atoms with Crippen molar-refractivity contribution in [3.63, 3.8) is 0 Å². The number of rotatable bonds is 10. The third-order valence-electron chi connectivity index (χ3n) is 6.49. The number of hydrogen-bond acceptors (Lipinski definition) is 4. The van der Waals surface area contributed by atoms with Gasteiger partial charge in [0.25, 0.3) is 0 Å². The van der Waals surface area contributed by atoms with Crippen LogP contribution in [0.15, 0.2) is 46.9 Å². The highest BCUT2D eigenvalue weighted by molar-refractivity contribution is 9.10. The number of nitrogens with zero attached hydrogens (tertiary/aromatic N) is 2. The maximum atomic E-state index is 13.8. The molecule has 196 valence electrons. The molecule has 1 saturated carbocycles. The van der Waals surface area contributed by atoms with Crippen LogP contribution in [0.1, 0.15) is 50.2 Å². The molecule has 0 saturated heterocycles. The Hall–Kier alpha value is -2.10. The van der Waals surface area contributed by atoms with Crippen LogP contribution in [0, 0.1) is 6.92 Å². The molecular formula is C26H33BrClN3O4S. The first-order chi connectivity index (χ1) is 17.0. The number of carbonyl (C=O) groups excluding carboxylic acids is 2. The number of anilines is 1. The van der Waals surface area contributed by atoms with E-state index in [1.807, 2.05) is 19.9 Å². The van der Waals surface area contributed by atoms with E-state index < -0.39 is 28.5 Å². The van der Waals surface area contributed by atoms with Gasteiger partial charge >= 0.3 is 0 Å². The summed E-state index contributed by atoms with van der Waals surface area (Å²) in [7, 11) is -3.78. The number of benzene rings is 2. The molecule has 3 rings (SSSR count). The van der Waals surface area contributed by atoms with Crippen LogP contribution >= 0.6 is 27.5 Å². The molecule has 1 aliphatic carbocycles. The average Bonchev–Trinajstić information content (AvgIpc) is 3.32. The Bertz CT molecular complexity index is 1200. The molecule has 1 fully saturated rings. The van der Waals surface area contributed by atoms with Gasteiger partial charge in [-0.3, -0.25) is 13.9 Å². The molecule has 0 aromatic heterocycles. The summed E-state index contributed by atoms with van der Waals surface area (Å²) in [5.74, 6) is -0.704. The number of aryl methyl sites for hydroxylation is 1. The molecule has 36 heavy (non-hydrogen) atoms. The maximum Gasteiger partial charge on any atom is 0.244 e. The highest BCUT2D eigenvalue weighted by atomic mass is 79.9. The second-order valence-electron chi connectivity index (χ2n) is 9.23. The van der Waals surface area contributed by atoms with Crippen LogP contribution in [0.2, 0.25) is 5.02 Å². The van der Waals surface area contributed by atoms with Gasteiger partial charge in [-0.05, 0) is 61.6 Å². The fraction of sp³-hybridized carbons (Fsp3) is 0.462. The Kier molecular flexibility index (Phi) is 9.83. The first-order valence-corrected chi connectivity index (χ1v) is 15.1. The molecule has 2 aromatic carbocycles. The van der Waals surface area contributed by atoms with E-state index in [0.717, 1.165) is 46.3 Å². The molecule has 1 aliphatic rings. The minimum atomic E-state index is -3.78. The number of halogens is 2. The van der Waals surface area contributed by atoms with Crippen molar-refractivity contribution in [3.05, 3.63) is 63.1 Å². The minimum Gasteiger partial charge on any atom is -0.352 e. The van der Waals surface area contributed by atoms with Gasteiger partial charge in [-0.1, -0.05) is 65.5 Å². The molecular weight excluding hydrogens is 566 g/mol. The summed E-state index contributed by atoms with van der Waals surface area (Å²) in [5, 5.41) is 3.57. The van der Waals surface area contributed by atoms with Gasteiger partial charge in [0.15, 0.2) is 0 Å². The molecule has 0 bridgehead atoms. The summed E-state index contributed by atoms with van der Waals surface area (Å²) in [6, 6.07) is 11.6. The molecule has 7 nitrogen and oxygen atoms in total. The fourth-order valence-corrected chi connectivity index (χ4v) is 5.78. The third kappa shape index (κ3) is 7.23. The van der Waals surface area contributed by atoms with Gasteiger partial charge in [-0.25, -0.2) is 8.42 Å². The van der Waals surface area contributed by atoms with Crippen molar-refractivity contribution in [2.24, 2.45) is 0 Å². The Morgan fingerprint density at radius 1 is 1.17 bits per heavy atom. The van der Waals surface area contributed by atoms with Crippen LogP contribution < -0.4 is 9.62 Å². The van der Waals surface area contributed by atoms with E-state index in [2.05, 4.69) is 21.2 Å². The Morgan fingerprint density at radius 3 is 2.42 bits per heavy atom. The number of amides is 2. The topological polar surface area (TPSA) is 86.8 Å². The predicted octanol–water partition coefficient (Wildman–Crippen LogP) is 5.04. The van der Waals surface area contributed by atoms with Crippen molar-refractivity contribution in [1.82, 2.24) is 10.2 Å². The number of nitrogens with one attached hydrogen (secondary N) is 1. The second kappa shape index (κ2) is 12.4. The van der Waals surface area contributed by atoms with Crippen molar-refractivity contribution >= 4 is 55.1 Å². The summed E-state index contributed by atoms with van der Waals surface area (Å²) >= 11 is 9.82. The van der Waals surface area contributed by atoms with Crippen LogP contribution in [0.3, 0.4) is 0 Å². The summed E-state index contributed by atoms with van der Waals surface area (Å²) in [5.41, 5.74) is 1.90. The van der Waals surface area contributed by atoms with Crippen molar-refractivity contribution < 1.29 is 18.0 Å². The third-order valence-corrected chi connectivity index (χ3v) is 8.89. The van der Waals surface area contributed by atoms with Crippen LogP contribution in [0.25, 0.3) is 0 Å². The fourth-order valence-electron chi connectivity index (χ4n) is 4.49. The van der Waals surface area contributed by atoms with Crippen LogP contribution in [0.4, 0.5) is 5.69 Å². The summed E-state index contributed by atoms with van der Waals surface area (Å²) < 4.78 is 27.4. The highest BCUT2D eigenvalue weighted by Gasteiger charge is 2.33. The summed E-state index contributed by atoms with van der Waals surface area (Å²) in [6.45, 7) is 3.35. The number of sulfonamides is 1. The highest BCUT2D eigenvalue weighted by Crippen LogP contribution is 2.26. The van der Waals surface area contributed by atoms with E-state index in [-0.39, 0.29) is 18.5 Å². The Morgan fingerprint density at radius 2 is 1.83 bits per heavy atom. The molecule has 0 heterocycles.